The van der Waals surface area contributed by atoms with E-state index in [1.165, 1.54) is 12.1 Å². The Kier molecular flexibility index (Phi) is 5.28. The lowest BCUT2D eigenvalue weighted by Crippen LogP contribution is -2.47. The zero-order valence-corrected chi connectivity index (χ0v) is 12.1. The van der Waals surface area contributed by atoms with Crippen LogP contribution in [0, 0.1) is 0 Å². The highest BCUT2D eigenvalue weighted by Crippen LogP contribution is 2.29. The molecule has 1 aliphatic rings. The zero-order valence-electron chi connectivity index (χ0n) is 12.1. The Morgan fingerprint density at radius 1 is 1.32 bits per heavy atom. The topological polar surface area (TPSA) is 52.6 Å². The number of urea groups is 1. The summed E-state index contributed by atoms with van der Waals surface area (Å²) >= 11 is 0. The highest BCUT2D eigenvalue weighted by molar-refractivity contribution is 5.74. The number of hydrogen-bond donors (Lipinski definition) is 2. The number of nitrogens with one attached hydrogen (secondary N) is 1. The van der Waals surface area contributed by atoms with Crippen molar-refractivity contribution in [2.75, 3.05) is 19.6 Å². The molecule has 2 N–H and O–H groups in total. The monoisotopic (exact) mass is 316 g/mol. The van der Waals surface area contributed by atoms with Crippen LogP contribution in [-0.4, -0.2) is 41.8 Å². The SMILES string of the molecule is O=C(NCCc1ccc(C(F)(F)F)cc1)N1CCCC(O)C1. The number of carbonyl (C=O) groups is 1. The second-order valence-electron chi connectivity index (χ2n) is 5.42. The molecule has 1 heterocycles. The van der Waals surface area contributed by atoms with Crippen LogP contribution in [0.25, 0.3) is 0 Å². The molecule has 122 valence electrons. The number of rotatable bonds is 3. The molecular weight excluding hydrogens is 297 g/mol. The van der Waals surface area contributed by atoms with Gasteiger partial charge in [0, 0.05) is 19.6 Å². The van der Waals surface area contributed by atoms with Crippen molar-refractivity contribution < 1.29 is 23.1 Å². The molecule has 1 fully saturated rings. The van der Waals surface area contributed by atoms with E-state index < -0.39 is 17.8 Å². The molecule has 0 aliphatic carbocycles. The number of nitrogens with zero attached hydrogens (tertiary/aromatic N) is 1. The second-order valence-corrected chi connectivity index (χ2v) is 5.42. The van der Waals surface area contributed by atoms with Gasteiger partial charge in [-0.1, -0.05) is 12.1 Å². The number of halogens is 3. The van der Waals surface area contributed by atoms with Gasteiger partial charge in [-0.05, 0) is 37.0 Å². The van der Waals surface area contributed by atoms with Gasteiger partial charge in [-0.25, -0.2) is 4.79 Å². The van der Waals surface area contributed by atoms with Crippen LogP contribution in [-0.2, 0) is 12.6 Å². The largest absolute Gasteiger partial charge is 0.416 e. The first-order valence-electron chi connectivity index (χ1n) is 7.23. The van der Waals surface area contributed by atoms with Gasteiger partial charge in [-0.2, -0.15) is 13.2 Å². The van der Waals surface area contributed by atoms with Gasteiger partial charge >= 0.3 is 12.2 Å². The summed E-state index contributed by atoms with van der Waals surface area (Å²) in [5.41, 5.74) is 0.0505. The van der Waals surface area contributed by atoms with Crippen molar-refractivity contribution in [3.05, 3.63) is 35.4 Å². The number of carbonyl (C=O) groups excluding carboxylic acids is 1. The third-order valence-corrected chi connectivity index (χ3v) is 3.65. The molecule has 1 atom stereocenters. The normalized spacial score (nSPS) is 19.1. The average molecular weight is 316 g/mol. The molecule has 2 rings (SSSR count). The van der Waals surface area contributed by atoms with Crippen LogP contribution in [0.2, 0.25) is 0 Å². The third kappa shape index (κ3) is 4.62. The molecule has 0 saturated carbocycles. The first kappa shape index (κ1) is 16.6. The predicted molar refractivity (Wildman–Crippen MR) is 75.4 cm³/mol. The quantitative estimate of drug-likeness (QED) is 0.900. The lowest BCUT2D eigenvalue weighted by molar-refractivity contribution is -0.137. The number of amides is 2. The van der Waals surface area contributed by atoms with Crippen molar-refractivity contribution in [2.24, 2.45) is 0 Å². The van der Waals surface area contributed by atoms with Crippen LogP contribution in [0.5, 0.6) is 0 Å². The molecule has 1 saturated heterocycles. The molecule has 4 nitrogen and oxygen atoms in total. The number of aliphatic hydroxyl groups excluding tert-OH is 1. The number of aliphatic hydroxyl groups is 1. The Bertz CT molecular complexity index is 503. The first-order valence-corrected chi connectivity index (χ1v) is 7.23. The number of hydrogen-bond acceptors (Lipinski definition) is 2. The Balaban J connectivity index is 1.77. The summed E-state index contributed by atoms with van der Waals surface area (Å²) in [4.78, 5) is 13.4. The molecule has 2 amide bonds. The van der Waals surface area contributed by atoms with Crippen LogP contribution in [0.15, 0.2) is 24.3 Å². The van der Waals surface area contributed by atoms with Crippen LogP contribution in [0.1, 0.15) is 24.0 Å². The molecule has 1 unspecified atom stereocenters. The summed E-state index contributed by atoms with van der Waals surface area (Å²) in [5.74, 6) is 0. The Labute approximate surface area is 126 Å². The van der Waals surface area contributed by atoms with Crippen LogP contribution >= 0.6 is 0 Å². The van der Waals surface area contributed by atoms with Crippen molar-refractivity contribution in [1.82, 2.24) is 10.2 Å². The highest BCUT2D eigenvalue weighted by Gasteiger charge is 2.29. The van der Waals surface area contributed by atoms with Gasteiger partial charge in [0.1, 0.15) is 0 Å². The van der Waals surface area contributed by atoms with E-state index in [0.717, 1.165) is 24.1 Å². The van der Waals surface area contributed by atoms with Crippen LogP contribution in [0.4, 0.5) is 18.0 Å². The molecule has 1 aliphatic heterocycles. The van der Waals surface area contributed by atoms with Gasteiger partial charge in [0.2, 0.25) is 0 Å². The zero-order chi connectivity index (χ0) is 16.2. The molecule has 1 aromatic rings. The van der Waals surface area contributed by atoms with Gasteiger partial charge in [-0.3, -0.25) is 0 Å². The number of β-amino-alcohol motifs (C(OH)–C–C–N with tert-alkyl or cyclic N) is 1. The minimum Gasteiger partial charge on any atom is -0.391 e. The summed E-state index contributed by atoms with van der Waals surface area (Å²) in [7, 11) is 0. The fourth-order valence-electron chi connectivity index (χ4n) is 2.43. The standard InChI is InChI=1S/C15H19F3N2O2/c16-15(17,18)12-5-3-11(4-6-12)7-8-19-14(22)20-9-1-2-13(21)10-20/h3-6,13,21H,1-2,7-10H2,(H,19,22). The predicted octanol–water partition coefficient (Wildman–Crippen LogP) is 2.41. The number of alkyl halides is 3. The van der Waals surface area contributed by atoms with Gasteiger partial charge < -0.3 is 15.3 Å². The van der Waals surface area contributed by atoms with E-state index in [2.05, 4.69) is 5.32 Å². The Morgan fingerprint density at radius 2 is 2.00 bits per heavy atom. The van der Waals surface area contributed by atoms with Crippen molar-refractivity contribution in [1.29, 1.82) is 0 Å². The first-order chi connectivity index (χ1) is 10.4. The number of piperidine rings is 1. The number of likely N-dealkylation sites (tertiary alicyclic amines) is 1. The fourth-order valence-corrected chi connectivity index (χ4v) is 2.43. The molecule has 0 aromatic heterocycles. The van der Waals surface area contributed by atoms with Gasteiger partial charge in [0.05, 0.1) is 11.7 Å². The lowest BCUT2D eigenvalue weighted by Gasteiger charge is -2.30. The minimum absolute atomic E-state index is 0.245. The van der Waals surface area contributed by atoms with E-state index in [1.807, 2.05) is 0 Å². The van der Waals surface area contributed by atoms with E-state index in [9.17, 15) is 23.1 Å². The average Bonchev–Trinajstić information content (AvgIpc) is 2.47. The Hall–Kier alpha value is -1.76. The summed E-state index contributed by atoms with van der Waals surface area (Å²) in [6.45, 7) is 1.28. The number of benzene rings is 1. The summed E-state index contributed by atoms with van der Waals surface area (Å²) in [6, 6.07) is 4.67. The summed E-state index contributed by atoms with van der Waals surface area (Å²) < 4.78 is 37.3. The highest BCUT2D eigenvalue weighted by atomic mass is 19.4. The van der Waals surface area contributed by atoms with E-state index >= 15 is 0 Å². The molecule has 7 heteroatoms. The molecular formula is C15H19F3N2O2. The van der Waals surface area contributed by atoms with Gasteiger partial charge in [0.15, 0.2) is 0 Å². The summed E-state index contributed by atoms with van der Waals surface area (Å²) in [6.07, 6.45) is -2.88. The molecule has 22 heavy (non-hydrogen) atoms. The lowest BCUT2D eigenvalue weighted by atomic mass is 10.1. The molecule has 1 aromatic carbocycles. The molecule has 0 radical (unpaired) electrons. The van der Waals surface area contributed by atoms with E-state index in [1.54, 1.807) is 4.90 Å². The van der Waals surface area contributed by atoms with E-state index in [-0.39, 0.29) is 6.03 Å². The molecule has 0 spiro atoms. The van der Waals surface area contributed by atoms with Crippen LogP contribution < -0.4 is 5.32 Å². The maximum Gasteiger partial charge on any atom is 0.416 e. The third-order valence-electron chi connectivity index (χ3n) is 3.65. The van der Waals surface area contributed by atoms with Crippen LogP contribution in [0.3, 0.4) is 0 Å². The summed E-state index contributed by atoms with van der Waals surface area (Å²) in [5, 5.41) is 12.2. The van der Waals surface area contributed by atoms with Crippen molar-refractivity contribution in [2.45, 2.75) is 31.5 Å². The van der Waals surface area contributed by atoms with Gasteiger partial charge in [-0.15, -0.1) is 0 Å². The fraction of sp³-hybridized carbons (Fsp3) is 0.533. The van der Waals surface area contributed by atoms with E-state index in [0.29, 0.717) is 32.5 Å². The maximum atomic E-state index is 12.4. The second kappa shape index (κ2) is 7.00. The Morgan fingerprint density at radius 3 is 2.59 bits per heavy atom. The molecule has 0 bridgehead atoms. The maximum absolute atomic E-state index is 12.4. The van der Waals surface area contributed by atoms with Crippen molar-refractivity contribution >= 4 is 6.03 Å². The smallest absolute Gasteiger partial charge is 0.391 e. The van der Waals surface area contributed by atoms with E-state index in [4.69, 9.17) is 0 Å². The van der Waals surface area contributed by atoms with Crippen molar-refractivity contribution in [3.63, 3.8) is 0 Å². The van der Waals surface area contributed by atoms with Crippen molar-refractivity contribution in [3.8, 4) is 0 Å². The van der Waals surface area contributed by atoms with Gasteiger partial charge in [0.25, 0.3) is 0 Å². The minimum atomic E-state index is -4.33.